The van der Waals surface area contributed by atoms with Gasteiger partial charge in [-0.05, 0) is 24.6 Å². The third-order valence-corrected chi connectivity index (χ3v) is 2.51. The van der Waals surface area contributed by atoms with Crippen molar-refractivity contribution in [2.24, 2.45) is 0 Å². The number of Topliss-reactive ketones (excluding diaryl/α,β-unsaturated/α-hetero) is 1. The molecule has 0 bridgehead atoms. The van der Waals surface area contributed by atoms with Gasteiger partial charge in [-0.2, -0.15) is 0 Å². The predicted octanol–water partition coefficient (Wildman–Crippen LogP) is 1.43. The maximum absolute atomic E-state index is 11.6. The Labute approximate surface area is 107 Å². The van der Waals surface area contributed by atoms with Gasteiger partial charge in [-0.3, -0.25) is 19.7 Å². The van der Waals surface area contributed by atoms with Crippen molar-refractivity contribution in [1.82, 2.24) is 0 Å². The van der Waals surface area contributed by atoms with Gasteiger partial charge in [-0.25, -0.2) is 0 Å². The van der Waals surface area contributed by atoms with E-state index in [4.69, 9.17) is 0 Å². The van der Waals surface area contributed by atoms with E-state index in [-0.39, 0.29) is 5.56 Å². The van der Waals surface area contributed by atoms with Crippen molar-refractivity contribution in [3.05, 3.63) is 40.5 Å². The molecule has 0 fully saturated rings. The number of ketones is 2. The van der Waals surface area contributed by atoms with Gasteiger partial charge < -0.3 is 10.2 Å². The topological polar surface area (TPSA) is 118 Å². The molecule has 1 atom stereocenters. The summed E-state index contributed by atoms with van der Waals surface area (Å²) in [5.74, 6) is -4.17. The van der Waals surface area contributed by atoms with Crippen LogP contribution in [0.3, 0.4) is 0 Å². The molecule has 2 N–H and O–H groups in total. The second-order valence-corrected chi connectivity index (χ2v) is 3.82. The smallest absolute Gasteiger partial charge is 0.314 e. The van der Waals surface area contributed by atoms with Crippen molar-refractivity contribution >= 4 is 17.3 Å². The van der Waals surface area contributed by atoms with E-state index >= 15 is 0 Å². The minimum atomic E-state index is -1.29. The second kappa shape index (κ2) is 5.30. The summed E-state index contributed by atoms with van der Waals surface area (Å²) >= 11 is 0. The van der Waals surface area contributed by atoms with Crippen LogP contribution >= 0.6 is 0 Å². The highest BCUT2D eigenvalue weighted by Gasteiger charge is 2.28. The summed E-state index contributed by atoms with van der Waals surface area (Å²) in [5, 5.41) is 29.4. The summed E-state index contributed by atoms with van der Waals surface area (Å²) in [4.78, 5) is 32.8. The molecule has 1 aromatic carbocycles. The number of hydrogen-bond acceptors (Lipinski definition) is 6. The second-order valence-electron chi connectivity index (χ2n) is 3.82. The van der Waals surface area contributed by atoms with Crippen LogP contribution in [0.2, 0.25) is 0 Å². The standard InChI is InChI=1S/C12H11NO6/c1-3-9(15)11(6(2)14)7-4-8(13(18)19)12(17)10(16)5-7/h3-5,11,16-17H,1H2,2H3. The van der Waals surface area contributed by atoms with E-state index in [0.717, 1.165) is 25.1 Å². The zero-order chi connectivity index (χ0) is 14.7. The summed E-state index contributed by atoms with van der Waals surface area (Å²) < 4.78 is 0. The number of phenolic OH excluding ortho intramolecular Hbond substituents is 2. The number of benzene rings is 1. The number of allylic oxidation sites excluding steroid dienone is 1. The molecule has 1 aromatic rings. The molecule has 0 heterocycles. The van der Waals surface area contributed by atoms with Crippen molar-refractivity contribution in [2.75, 3.05) is 0 Å². The fourth-order valence-corrected chi connectivity index (χ4v) is 1.65. The number of aromatic hydroxyl groups is 2. The fourth-order valence-electron chi connectivity index (χ4n) is 1.65. The number of rotatable bonds is 5. The maximum Gasteiger partial charge on any atom is 0.314 e. The van der Waals surface area contributed by atoms with Gasteiger partial charge in [-0.15, -0.1) is 0 Å². The van der Waals surface area contributed by atoms with Crippen molar-refractivity contribution in [3.63, 3.8) is 0 Å². The number of carbonyl (C=O) groups is 2. The quantitative estimate of drug-likeness (QED) is 0.273. The van der Waals surface area contributed by atoms with E-state index in [2.05, 4.69) is 6.58 Å². The Morgan fingerprint density at radius 3 is 2.42 bits per heavy atom. The minimum absolute atomic E-state index is 0.0700. The first kappa shape index (κ1) is 14.4. The fraction of sp³-hybridized carbons (Fsp3) is 0.167. The lowest BCUT2D eigenvalue weighted by Crippen LogP contribution is -2.18. The zero-order valence-corrected chi connectivity index (χ0v) is 9.99. The Morgan fingerprint density at radius 1 is 1.42 bits per heavy atom. The van der Waals surface area contributed by atoms with Crippen LogP contribution < -0.4 is 0 Å². The Kier molecular flexibility index (Phi) is 4.00. The van der Waals surface area contributed by atoms with Crippen LogP contribution in [0.4, 0.5) is 5.69 Å². The van der Waals surface area contributed by atoms with E-state index in [9.17, 15) is 29.9 Å². The average Bonchev–Trinajstić information content (AvgIpc) is 2.32. The van der Waals surface area contributed by atoms with Crippen molar-refractivity contribution in [3.8, 4) is 11.5 Å². The maximum atomic E-state index is 11.6. The Hall–Kier alpha value is -2.70. The van der Waals surface area contributed by atoms with E-state index in [1.807, 2.05) is 0 Å². The van der Waals surface area contributed by atoms with Gasteiger partial charge in [0.15, 0.2) is 11.5 Å². The van der Waals surface area contributed by atoms with Crippen molar-refractivity contribution < 1.29 is 24.7 Å². The molecular formula is C12H11NO6. The van der Waals surface area contributed by atoms with Crippen molar-refractivity contribution in [2.45, 2.75) is 12.8 Å². The molecule has 0 saturated heterocycles. The molecule has 0 saturated carbocycles. The summed E-state index contributed by atoms with van der Waals surface area (Å²) in [5.41, 5.74) is -0.850. The molecule has 0 aromatic heterocycles. The first-order valence-electron chi connectivity index (χ1n) is 5.16. The highest BCUT2D eigenvalue weighted by atomic mass is 16.6. The number of nitro groups is 1. The first-order valence-corrected chi connectivity index (χ1v) is 5.16. The van der Waals surface area contributed by atoms with E-state index in [1.54, 1.807) is 0 Å². The number of hydrogen-bond donors (Lipinski definition) is 2. The van der Waals surface area contributed by atoms with Gasteiger partial charge >= 0.3 is 5.69 Å². The first-order chi connectivity index (χ1) is 8.79. The predicted molar refractivity (Wildman–Crippen MR) is 65.1 cm³/mol. The lowest BCUT2D eigenvalue weighted by Gasteiger charge is -2.11. The van der Waals surface area contributed by atoms with Crippen LogP contribution in [-0.2, 0) is 9.59 Å². The lowest BCUT2D eigenvalue weighted by molar-refractivity contribution is -0.386. The van der Waals surface area contributed by atoms with Crippen molar-refractivity contribution in [1.29, 1.82) is 0 Å². The van der Waals surface area contributed by atoms with Gasteiger partial charge in [0.1, 0.15) is 11.7 Å². The van der Waals surface area contributed by atoms with E-state index in [1.165, 1.54) is 0 Å². The molecule has 7 heteroatoms. The molecule has 19 heavy (non-hydrogen) atoms. The number of nitro benzene ring substituents is 1. The van der Waals surface area contributed by atoms with Crippen LogP contribution in [0.1, 0.15) is 18.4 Å². The SMILES string of the molecule is C=CC(=O)C(C(C)=O)c1cc(O)c(O)c([N+](=O)[O-])c1. The lowest BCUT2D eigenvalue weighted by atomic mass is 9.90. The number of nitrogens with zero attached hydrogens (tertiary/aromatic N) is 1. The normalized spacial score (nSPS) is 11.6. The molecule has 100 valence electrons. The van der Waals surface area contributed by atoms with Crippen LogP contribution in [0.15, 0.2) is 24.8 Å². The highest BCUT2D eigenvalue weighted by Crippen LogP contribution is 2.38. The molecular weight excluding hydrogens is 254 g/mol. The van der Waals surface area contributed by atoms with Gasteiger partial charge in [0.2, 0.25) is 5.75 Å². The molecule has 0 aliphatic carbocycles. The Morgan fingerprint density at radius 2 is 2.00 bits per heavy atom. The van der Waals surface area contributed by atoms with Gasteiger partial charge in [0, 0.05) is 6.07 Å². The Balaban J connectivity index is 3.49. The van der Waals surface area contributed by atoms with Crippen LogP contribution in [0.5, 0.6) is 11.5 Å². The Bertz CT molecular complexity index is 578. The molecule has 0 aliphatic rings. The van der Waals surface area contributed by atoms with Gasteiger partial charge in [-0.1, -0.05) is 6.58 Å². The van der Waals surface area contributed by atoms with Gasteiger partial charge in [0.25, 0.3) is 0 Å². The number of carbonyl (C=O) groups excluding carboxylic acids is 2. The highest BCUT2D eigenvalue weighted by molar-refractivity contribution is 6.11. The van der Waals surface area contributed by atoms with Gasteiger partial charge in [0.05, 0.1) is 4.92 Å². The van der Waals surface area contributed by atoms with Crippen LogP contribution in [0, 0.1) is 10.1 Å². The summed E-state index contributed by atoms with van der Waals surface area (Å²) in [6.45, 7) is 4.38. The van der Waals surface area contributed by atoms with E-state index < -0.39 is 39.6 Å². The zero-order valence-electron chi connectivity index (χ0n) is 9.99. The third-order valence-electron chi connectivity index (χ3n) is 2.51. The molecule has 0 aliphatic heterocycles. The van der Waals surface area contributed by atoms with Crippen LogP contribution in [-0.4, -0.2) is 26.7 Å². The molecule has 0 radical (unpaired) electrons. The largest absolute Gasteiger partial charge is 0.504 e. The molecule has 7 nitrogen and oxygen atoms in total. The summed E-state index contributed by atoms with van der Waals surface area (Å²) in [6, 6.07) is 1.82. The average molecular weight is 265 g/mol. The van der Waals surface area contributed by atoms with E-state index in [0.29, 0.717) is 0 Å². The summed E-state index contributed by atoms with van der Waals surface area (Å²) in [6.07, 6.45) is 0.918. The van der Waals surface area contributed by atoms with Crippen LogP contribution in [0.25, 0.3) is 0 Å². The molecule has 1 rings (SSSR count). The molecule has 0 spiro atoms. The molecule has 0 amide bonds. The third kappa shape index (κ3) is 2.76. The monoisotopic (exact) mass is 265 g/mol. The summed E-state index contributed by atoms with van der Waals surface area (Å²) in [7, 11) is 0. The minimum Gasteiger partial charge on any atom is -0.504 e. The number of phenols is 2. The molecule has 1 unspecified atom stereocenters.